The van der Waals surface area contributed by atoms with Crippen molar-refractivity contribution in [3.8, 4) is 0 Å². The van der Waals surface area contributed by atoms with E-state index in [-0.39, 0.29) is 33.6 Å². The summed E-state index contributed by atoms with van der Waals surface area (Å²) in [7, 11) is 0. The number of nitrogen functional groups attached to an aromatic ring is 1. The smallest absolute Gasteiger partial charge is 0.338 e. The van der Waals surface area contributed by atoms with Crippen molar-refractivity contribution in [3.05, 3.63) is 125 Å². The highest BCUT2D eigenvalue weighted by molar-refractivity contribution is 6.09. The first-order valence-corrected chi connectivity index (χ1v) is 13.6. The molecule has 1 aromatic heterocycles. The predicted molar refractivity (Wildman–Crippen MR) is 158 cm³/mol. The van der Waals surface area contributed by atoms with Gasteiger partial charge in [-0.1, -0.05) is 54.6 Å². The second-order valence-corrected chi connectivity index (χ2v) is 9.94. The van der Waals surface area contributed by atoms with E-state index in [1.54, 1.807) is 66.7 Å². The van der Waals surface area contributed by atoms with Crippen LogP contribution in [0.15, 0.2) is 97.2 Å². The molecule has 0 radical (unpaired) electrons. The van der Waals surface area contributed by atoms with Crippen LogP contribution < -0.4 is 17.2 Å². The van der Waals surface area contributed by atoms with Crippen molar-refractivity contribution in [3.63, 3.8) is 0 Å². The Morgan fingerprint density at radius 2 is 1.13 bits per heavy atom. The van der Waals surface area contributed by atoms with Crippen molar-refractivity contribution in [1.29, 1.82) is 0 Å². The molecule has 6 N–H and O–H groups in total. The van der Waals surface area contributed by atoms with Gasteiger partial charge in [0, 0.05) is 6.20 Å². The van der Waals surface area contributed by atoms with Gasteiger partial charge in [-0.2, -0.15) is 0 Å². The maximum absolute atomic E-state index is 13.3. The van der Waals surface area contributed by atoms with E-state index in [0.29, 0.717) is 0 Å². The lowest BCUT2D eigenvalue weighted by molar-refractivity contribution is -0.0610. The third kappa shape index (κ3) is 6.53. The average Bonchev–Trinajstić information content (AvgIpc) is 3.57. The Balaban J connectivity index is 1.56. The fourth-order valence-corrected chi connectivity index (χ4v) is 4.88. The molecule has 3 aromatic carbocycles. The highest BCUT2D eigenvalue weighted by Gasteiger charge is 2.52. The first-order valence-electron chi connectivity index (χ1n) is 13.6. The second kappa shape index (κ2) is 13.1. The standard InChI is InChI=1S/C32H28N4O9/c33-26-23(28(35)38)21(27(34)37)16-36(26)29-25(45-32(41)20-14-8-3-9-15-20)24(44-31(40)19-12-6-2-7-13-19)22(43-29)17-42-30(39)18-10-4-1-5-11-18/h1-16,22,24-25,29H,17,33H2,(H2,34,37)(H2,35,38)/t22-,24-,25-,29?/m1/s1. The first kappa shape index (κ1) is 30.5. The molecule has 13 heteroatoms. The summed E-state index contributed by atoms with van der Waals surface area (Å²) in [6.45, 7) is -0.455. The molecule has 1 unspecified atom stereocenters. The van der Waals surface area contributed by atoms with E-state index in [0.717, 1.165) is 10.8 Å². The lowest BCUT2D eigenvalue weighted by Crippen LogP contribution is -2.41. The van der Waals surface area contributed by atoms with Crippen LogP contribution in [0.1, 0.15) is 58.0 Å². The largest absolute Gasteiger partial charge is 0.459 e. The quantitative estimate of drug-likeness (QED) is 0.176. The molecule has 0 saturated carbocycles. The molecule has 4 atom stereocenters. The summed E-state index contributed by atoms with van der Waals surface area (Å²) in [5.74, 6) is -4.67. The van der Waals surface area contributed by atoms with E-state index in [1.807, 2.05) is 0 Å². The molecule has 2 heterocycles. The molecule has 1 aliphatic heterocycles. The minimum absolute atomic E-state index is 0.166. The fourth-order valence-electron chi connectivity index (χ4n) is 4.88. The van der Waals surface area contributed by atoms with Gasteiger partial charge in [-0.3, -0.25) is 9.59 Å². The number of amides is 2. The Morgan fingerprint density at radius 3 is 1.58 bits per heavy atom. The molecule has 13 nitrogen and oxygen atoms in total. The van der Waals surface area contributed by atoms with Gasteiger partial charge < -0.3 is 40.7 Å². The molecule has 0 spiro atoms. The predicted octanol–water partition coefficient (Wildman–Crippen LogP) is 2.47. The Morgan fingerprint density at radius 1 is 0.667 bits per heavy atom. The molecule has 5 rings (SSSR count). The fraction of sp³-hybridized carbons (Fsp3) is 0.156. The minimum atomic E-state index is -1.44. The number of nitrogens with zero attached hydrogens (tertiary/aromatic N) is 1. The minimum Gasteiger partial charge on any atom is -0.459 e. The van der Waals surface area contributed by atoms with Gasteiger partial charge >= 0.3 is 17.9 Å². The molecular formula is C32H28N4O9. The summed E-state index contributed by atoms with van der Waals surface area (Å²) in [6, 6.07) is 24.1. The summed E-state index contributed by atoms with van der Waals surface area (Å²) < 4.78 is 24.5. The Labute approximate surface area is 256 Å². The lowest BCUT2D eigenvalue weighted by Gasteiger charge is -2.25. The normalized spacial score (nSPS) is 18.9. The molecule has 45 heavy (non-hydrogen) atoms. The van der Waals surface area contributed by atoms with Crippen LogP contribution in [0.2, 0.25) is 0 Å². The van der Waals surface area contributed by atoms with Gasteiger partial charge in [-0.25, -0.2) is 14.4 Å². The lowest BCUT2D eigenvalue weighted by atomic mass is 10.1. The van der Waals surface area contributed by atoms with Crippen LogP contribution in [-0.2, 0) is 18.9 Å². The third-order valence-electron chi connectivity index (χ3n) is 7.04. The molecule has 4 aromatic rings. The van der Waals surface area contributed by atoms with Crippen LogP contribution in [0.4, 0.5) is 5.82 Å². The first-order chi connectivity index (χ1) is 21.7. The van der Waals surface area contributed by atoms with E-state index in [4.69, 9.17) is 36.1 Å². The number of rotatable bonds is 10. The van der Waals surface area contributed by atoms with E-state index in [2.05, 4.69) is 0 Å². The van der Waals surface area contributed by atoms with E-state index in [9.17, 15) is 24.0 Å². The molecule has 1 fully saturated rings. The number of esters is 3. The zero-order valence-electron chi connectivity index (χ0n) is 23.6. The summed E-state index contributed by atoms with van der Waals surface area (Å²) in [5, 5.41) is 0. The second-order valence-electron chi connectivity index (χ2n) is 9.94. The van der Waals surface area contributed by atoms with Gasteiger partial charge in [0.05, 0.1) is 27.8 Å². The third-order valence-corrected chi connectivity index (χ3v) is 7.04. The topological polar surface area (TPSA) is 205 Å². The van der Waals surface area contributed by atoms with Gasteiger partial charge in [-0.15, -0.1) is 0 Å². The maximum atomic E-state index is 13.3. The van der Waals surface area contributed by atoms with Crippen LogP contribution in [-0.4, -0.2) is 59.2 Å². The molecular weight excluding hydrogens is 584 g/mol. The molecule has 230 valence electrons. The highest BCUT2D eigenvalue weighted by atomic mass is 16.7. The van der Waals surface area contributed by atoms with E-state index >= 15 is 0 Å². The zero-order chi connectivity index (χ0) is 32.1. The van der Waals surface area contributed by atoms with Crippen molar-refractivity contribution in [2.75, 3.05) is 12.3 Å². The Kier molecular flexibility index (Phi) is 8.91. The monoisotopic (exact) mass is 612 g/mol. The van der Waals surface area contributed by atoms with Crippen LogP contribution >= 0.6 is 0 Å². The average molecular weight is 613 g/mol. The summed E-state index contributed by atoms with van der Waals surface area (Å²) >= 11 is 0. The van der Waals surface area contributed by atoms with E-state index in [1.165, 1.54) is 24.3 Å². The molecule has 0 bridgehead atoms. The van der Waals surface area contributed by atoms with Crippen molar-refractivity contribution in [1.82, 2.24) is 4.57 Å². The maximum Gasteiger partial charge on any atom is 0.338 e. The number of anilines is 1. The number of primary amides is 2. The number of nitrogens with two attached hydrogens (primary N) is 3. The number of aromatic nitrogens is 1. The molecule has 1 aliphatic rings. The Hall–Kier alpha value is -5.95. The summed E-state index contributed by atoms with van der Waals surface area (Å²) in [4.78, 5) is 63.8. The van der Waals surface area contributed by atoms with Crippen molar-refractivity contribution < 1.29 is 42.9 Å². The van der Waals surface area contributed by atoms with Crippen LogP contribution in [0, 0.1) is 0 Å². The van der Waals surface area contributed by atoms with Crippen LogP contribution in [0.3, 0.4) is 0 Å². The number of carbonyl (C=O) groups is 5. The Bertz CT molecular complexity index is 1730. The summed E-state index contributed by atoms with van der Waals surface area (Å²) in [5.41, 5.74) is 17.1. The van der Waals surface area contributed by atoms with Crippen LogP contribution in [0.5, 0.6) is 0 Å². The number of ether oxygens (including phenoxy) is 4. The van der Waals surface area contributed by atoms with Crippen molar-refractivity contribution >= 4 is 35.5 Å². The zero-order valence-corrected chi connectivity index (χ0v) is 23.6. The molecule has 2 amide bonds. The summed E-state index contributed by atoms with van der Waals surface area (Å²) in [6.07, 6.45) is -4.32. The number of benzene rings is 3. The molecule has 1 saturated heterocycles. The van der Waals surface area contributed by atoms with Crippen LogP contribution in [0.25, 0.3) is 0 Å². The number of hydrogen-bond donors (Lipinski definition) is 3. The van der Waals surface area contributed by atoms with E-state index < -0.39 is 60.9 Å². The van der Waals surface area contributed by atoms with Crippen molar-refractivity contribution in [2.45, 2.75) is 24.5 Å². The SMILES string of the molecule is NC(=O)c1cn(C2O[C@H](COC(=O)c3ccccc3)[C@@H](OC(=O)c3ccccc3)[C@H]2OC(=O)c2ccccc2)c(N)c1C(N)=O. The van der Waals surface area contributed by atoms with Gasteiger partial charge in [0.25, 0.3) is 11.8 Å². The van der Waals surface area contributed by atoms with Gasteiger partial charge in [0.2, 0.25) is 0 Å². The van der Waals surface area contributed by atoms with Gasteiger partial charge in [-0.05, 0) is 36.4 Å². The molecule has 0 aliphatic carbocycles. The van der Waals surface area contributed by atoms with Crippen molar-refractivity contribution in [2.24, 2.45) is 11.5 Å². The van der Waals surface area contributed by atoms with Gasteiger partial charge in [0.15, 0.2) is 18.4 Å². The number of hydrogen-bond acceptors (Lipinski definition) is 10. The number of carbonyl (C=O) groups excluding carboxylic acids is 5. The highest BCUT2D eigenvalue weighted by Crippen LogP contribution is 2.38. The van der Waals surface area contributed by atoms with Gasteiger partial charge in [0.1, 0.15) is 18.5 Å².